The second-order valence-electron chi connectivity index (χ2n) is 5.38. The number of halogens is 3. The molecule has 0 saturated carbocycles. The van der Waals surface area contributed by atoms with E-state index in [1.807, 2.05) is 0 Å². The lowest BCUT2D eigenvalue weighted by Gasteiger charge is -2.18. The Hall–Kier alpha value is -2.83. The van der Waals surface area contributed by atoms with Crippen molar-refractivity contribution >= 4 is 10.0 Å². The molecule has 9 heteroatoms. The van der Waals surface area contributed by atoms with Crippen LogP contribution in [0.5, 0.6) is 5.75 Å². The molecule has 2 aromatic carbocycles. The standard InChI is InChI=1S/C18H15F3N2O3S/c1-22-12-11-15(13-14-7-3-2-4-8-14)23-27(24,25)17-10-6-5-9-16(17)26-18(19,20)21/h2-12,15,23H,13H2/b12-11+/t15-/m0/s1. The highest BCUT2D eigenvalue weighted by Crippen LogP contribution is 2.29. The van der Waals surface area contributed by atoms with Crippen LogP contribution in [0, 0.1) is 6.57 Å². The fourth-order valence-electron chi connectivity index (χ4n) is 2.31. The molecule has 0 aromatic heterocycles. The highest BCUT2D eigenvalue weighted by atomic mass is 32.2. The van der Waals surface area contributed by atoms with Gasteiger partial charge in [0, 0.05) is 6.04 Å². The molecule has 0 saturated heterocycles. The molecule has 27 heavy (non-hydrogen) atoms. The number of ether oxygens (including phenoxy) is 1. The molecule has 5 nitrogen and oxygen atoms in total. The first kappa shape index (κ1) is 20.5. The van der Waals surface area contributed by atoms with Crippen molar-refractivity contribution in [1.82, 2.24) is 4.72 Å². The van der Waals surface area contributed by atoms with Gasteiger partial charge in [-0.15, -0.1) is 13.2 Å². The highest BCUT2D eigenvalue weighted by molar-refractivity contribution is 7.89. The molecular weight excluding hydrogens is 381 g/mol. The van der Waals surface area contributed by atoms with Gasteiger partial charge in [-0.2, -0.15) is 0 Å². The lowest BCUT2D eigenvalue weighted by Crippen LogP contribution is -2.35. The number of nitrogens with zero attached hydrogens (tertiary/aromatic N) is 1. The summed E-state index contributed by atoms with van der Waals surface area (Å²) in [5, 5.41) is 0. The molecule has 1 atom stereocenters. The van der Waals surface area contributed by atoms with E-state index < -0.39 is 33.1 Å². The molecule has 0 fully saturated rings. The van der Waals surface area contributed by atoms with Crippen LogP contribution in [0.2, 0.25) is 0 Å². The zero-order valence-electron chi connectivity index (χ0n) is 13.8. The van der Waals surface area contributed by atoms with Crippen molar-refractivity contribution in [2.24, 2.45) is 0 Å². The van der Waals surface area contributed by atoms with E-state index in [1.54, 1.807) is 30.3 Å². The van der Waals surface area contributed by atoms with Crippen LogP contribution in [0.3, 0.4) is 0 Å². The van der Waals surface area contributed by atoms with Crippen LogP contribution in [0.25, 0.3) is 4.85 Å². The van der Waals surface area contributed by atoms with Gasteiger partial charge in [0.25, 0.3) is 0 Å². The van der Waals surface area contributed by atoms with Gasteiger partial charge in [0.2, 0.25) is 10.0 Å². The topological polar surface area (TPSA) is 59.8 Å². The summed E-state index contributed by atoms with van der Waals surface area (Å²) in [6, 6.07) is 12.5. The number of nitrogens with one attached hydrogen (secondary N) is 1. The predicted molar refractivity (Wildman–Crippen MR) is 93.1 cm³/mol. The molecule has 2 aromatic rings. The Labute approximate surface area is 155 Å². The lowest BCUT2D eigenvalue weighted by molar-refractivity contribution is -0.275. The second kappa shape index (κ2) is 8.70. The van der Waals surface area contributed by atoms with E-state index in [0.717, 1.165) is 23.9 Å². The molecule has 0 spiro atoms. The van der Waals surface area contributed by atoms with Gasteiger partial charge in [0.15, 0.2) is 6.20 Å². The molecule has 2 rings (SSSR count). The maximum Gasteiger partial charge on any atom is 0.573 e. The molecule has 142 valence electrons. The van der Waals surface area contributed by atoms with Crippen LogP contribution in [0.4, 0.5) is 13.2 Å². The third-order valence-electron chi connectivity index (χ3n) is 3.36. The third-order valence-corrected chi connectivity index (χ3v) is 4.89. The van der Waals surface area contributed by atoms with E-state index in [4.69, 9.17) is 6.57 Å². The molecule has 1 N–H and O–H groups in total. The first-order valence-corrected chi connectivity index (χ1v) is 9.14. The summed E-state index contributed by atoms with van der Waals surface area (Å²) in [5.74, 6) is -0.829. The summed E-state index contributed by atoms with van der Waals surface area (Å²) in [4.78, 5) is 2.41. The normalized spacial score (nSPS) is 13.3. The van der Waals surface area contributed by atoms with Gasteiger partial charge in [0.1, 0.15) is 10.6 Å². The monoisotopic (exact) mass is 396 g/mol. The Morgan fingerprint density at radius 3 is 2.37 bits per heavy atom. The van der Waals surface area contributed by atoms with E-state index >= 15 is 0 Å². The maximum atomic E-state index is 12.6. The van der Waals surface area contributed by atoms with E-state index in [0.29, 0.717) is 0 Å². The Morgan fingerprint density at radius 2 is 1.74 bits per heavy atom. The van der Waals surface area contributed by atoms with E-state index in [2.05, 4.69) is 14.3 Å². The van der Waals surface area contributed by atoms with Crippen LogP contribution >= 0.6 is 0 Å². The Bertz CT molecular complexity index is 936. The van der Waals surface area contributed by atoms with E-state index in [9.17, 15) is 21.6 Å². The van der Waals surface area contributed by atoms with Gasteiger partial charge in [-0.05, 0) is 24.1 Å². The Morgan fingerprint density at radius 1 is 1.11 bits per heavy atom. The number of benzene rings is 2. The predicted octanol–water partition coefficient (Wildman–Crippen LogP) is 3.91. The SMILES string of the molecule is [C-]#[N+]/C=C/[C@@H](Cc1ccccc1)NS(=O)(=O)c1ccccc1OC(F)(F)F. The van der Waals surface area contributed by atoms with Gasteiger partial charge in [0.05, 0.1) is 6.57 Å². The molecular formula is C18H15F3N2O3S. The second-order valence-corrected chi connectivity index (χ2v) is 7.07. The van der Waals surface area contributed by atoms with Gasteiger partial charge >= 0.3 is 6.36 Å². The molecule has 0 bridgehead atoms. The minimum atomic E-state index is -5.03. The van der Waals surface area contributed by atoms with Crippen molar-refractivity contribution in [3.05, 3.63) is 83.9 Å². The fourth-order valence-corrected chi connectivity index (χ4v) is 3.63. The van der Waals surface area contributed by atoms with Gasteiger partial charge in [-0.3, -0.25) is 0 Å². The summed E-state index contributed by atoms with van der Waals surface area (Å²) in [5.41, 5.74) is 0.791. The Balaban J connectivity index is 2.31. The number of hydrogen-bond acceptors (Lipinski definition) is 3. The van der Waals surface area contributed by atoms with Crippen LogP contribution in [-0.4, -0.2) is 20.8 Å². The summed E-state index contributed by atoms with van der Waals surface area (Å²) < 4.78 is 69.0. The summed E-state index contributed by atoms with van der Waals surface area (Å²) in [6.07, 6.45) is -2.38. The number of para-hydroxylation sites is 1. The molecule has 0 aliphatic carbocycles. The lowest BCUT2D eigenvalue weighted by atomic mass is 10.1. The minimum absolute atomic E-state index is 0.217. The molecule has 0 amide bonds. The first-order chi connectivity index (χ1) is 12.7. The fraction of sp³-hybridized carbons (Fsp3) is 0.167. The number of sulfonamides is 1. The maximum absolute atomic E-state index is 12.6. The summed E-state index contributed by atoms with van der Waals surface area (Å²) in [7, 11) is -4.34. The van der Waals surface area contributed by atoms with E-state index in [-0.39, 0.29) is 6.42 Å². The zero-order chi connectivity index (χ0) is 19.9. The summed E-state index contributed by atoms with van der Waals surface area (Å²) >= 11 is 0. The van der Waals surface area contributed by atoms with Crippen LogP contribution in [0.1, 0.15) is 5.56 Å². The van der Waals surface area contributed by atoms with Crippen LogP contribution in [-0.2, 0) is 16.4 Å². The van der Waals surface area contributed by atoms with Crippen molar-refractivity contribution in [2.45, 2.75) is 23.7 Å². The summed E-state index contributed by atoms with van der Waals surface area (Å²) in [6.45, 7) is 6.82. The molecule has 0 unspecified atom stereocenters. The van der Waals surface area contributed by atoms with Gasteiger partial charge in [-0.25, -0.2) is 18.0 Å². The van der Waals surface area contributed by atoms with Gasteiger partial charge in [-0.1, -0.05) is 48.5 Å². The highest BCUT2D eigenvalue weighted by Gasteiger charge is 2.34. The molecule has 0 aliphatic rings. The third kappa shape index (κ3) is 6.44. The smallest absolute Gasteiger partial charge is 0.404 e. The zero-order valence-corrected chi connectivity index (χ0v) is 14.7. The van der Waals surface area contributed by atoms with Crippen LogP contribution < -0.4 is 9.46 Å². The Kier molecular flexibility index (Phi) is 6.60. The van der Waals surface area contributed by atoms with Crippen molar-refractivity contribution in [1.29, 1.82) is 0 Å². The van der Waals surface area contributed by atoms with Crippen molar-refractivity contribution < 1.29 is 26.3 Å². The van der Waals surface area contributed by atoms with Crippen molar-refractivity contribution in [3.63, 3.8) is 0 Å². The molecule has 0 heterocycles. The van der Waals surface area contributed by atoms with Crippen molar-refractivity contribution in [2.75, 3.05) is 0 Å². The van der Waals surface area contributed by atoms with Crippen LogP contribution in [0.15, 0.2) is 71.8 Å². The quantitative estimate of drug-likeness (QED) is 0.722. The average Bonchev–Trinajstić information content (AvgIpc) is 2.59. The largest absolute Gasteiger partial charge is 0.573 e. The molecule has 0 aliphatic heterocycles. The first-order valence-electron chi connectivity index (χ1n) is 7.65. The number of rotatable bonds is 7. The van der Waals surface area contributed by atoms with Crippen molar-refractivity contribution in [3.8, 4) is 5.75 Å². The van der Waals surface area contributed by atoms with Gasteiger partial charge < -0.3 is 4.74 Å². The molecule has 0 radical (unpaired) electrons. The van der Waals surface area contributed by atoms with E-state index in [1.165, 1.54) is 18.2 Å². The minimum Gasteiger partial charge on any atom is -0.404 e. The number of alkyl halides is 3. The average molecular weight is 396 g/mol. The number of hydrogen-bond donors (Lipinski definition) is 1.